The summed E-state index contributed by atoms with van der Waals surface area (Å²) in [6.07, 6.45) is 1.69. The first kappa shape index (κ1) is 20.4. The molecule has 0 spiro atoms. The summed E-state index contributed by atoms with van der Waals surface area (Å²) in [5.41, 5.74) is 9.55. The van der Waals surface area contributed by atoms with Gasteiger partial charge in [-0.25, -0.2) is 0 Å². The van der Waals surface area contributed by atoms with E-state index in [0.717, 1.165) is 29.9 Å². The van der Waals surface area contributed by atoms with E-state index < -0.39 is 0 Å². The maximum Gasteiger partial charge on any atom is 0.188 e. The van der Waals surface area contributed by atoms with E-state index in [0.29, 0.717) is 19.0 Å². The Bertz CT molecular complexity index is 742. The number of methoxy groups -OCH3 is 2. The maximum atomic E-state index is 5.96. The minimum absolute atomic E-state index is 0.473. The van der Waals surface area contributed by atoms with Gasteiger partial charge in [0.05, 0.1) is 14.2 Å². The predicted octanol–water partition coefficient (Wildman–Crippen LogP) is 2.46. The molecule has 0 saturated carbocycles. The topological polar surface area (TPSA) is 72.1 Å². The first-order chi connectivity index (χ1) is 13.0. The molecule has 0 radical (unpaired) electrons. The fourth-order valence-electron chi connectivity index (χ4n) is 2.69. The van der Waals surface area contributed by atoms with Crippen LogP contribution in [-0.2, 0) is 12.8 Å². The molecular formula is C21H30N4O2. The number of hydrogen-bond acceptors (Lipinski definition) is 4. The molecule has 3 N–H and O–H groups in total. The van der Waals surface area contributed by atoms with Gasteiger partial charge in [-0.15, -0.1) is 0 Å². The van der Waals surface area contributed by atoms with Crippen molar-refractivity contribution in [3.05, 3.63) is 53.6 Å². The third kappa shape index (κ3) is 6.40. The summed E-state index contributed by atoms with van der Waals surface area (Å²) in [6, 6.07) is 14.4. The number of hydrogen-bond donors (Lipinski definition) is 2. The molecule has 0 atom stereocenters. The van der Waals surface area contributed by atoms with Crippen molar-refractivity contribution >= 4 is 11.6 Å². The summed E-state index contributed by atoms with van der Waals surface area (Å²) in [6.45, 7) is 1.37. The van der Waals surface area contributed by atoms with Crippen molar-refractivity contribution in [1.82, 2.24) is 5.32 Å². The normalized spacial score (nSPS) is 11.2. The molecule has 2 aromatic carbocycles. The Balaban J connectivity index is 1.76. The Hall–Kier alpha value is -2.89. The largest absolute Gasteiger partial charge is 0.493 e. The Morgan fingerprint density at radius 3 is 2.26 bits per heavy atom. The standard InChI is InChI=1S/C21H30N4O2/c1-25(2)18-8-5-16(6-9-18)11-13-23-21(22)24-14-12-17-7-10-19(26-3)20(15-17)27-4/h5-10,15H,11-14H2,1-4H3,(H3,22,23,24). The summed E-state index contributed by atoms with van der Waals surface area (Å²) in [4.78, 5) is 6.48. The lowest BCUT2D eigenvalue weighted by Gasteiger charge is -2.12. The van der Waals surface area contributed by atoms with Gasteiger partial charge in [-0.1, -0.05) is 18.2 Å². The molecular weight excluding hydrogens is 340 g/mol. The second kappa shape index (κ2) is 10.3. The lowest BCUT2D eigenvalue weighted by molar-refractivity contribution is 0.354. The first-order valence-corrected chi connectivity index (χ1v) is 9.04. The number of aliphatic imine (C=N–C) groups is 1. The second-order valence-corrected chi connectivity index (χ2v) is 6.44. The Morgan fingerprint density at radius 1 is 0.963 bits per heavy atom. The van der Waals surface area contributed by atoms with Crippen LogP contribution in [0, 0.1) is 0 Å². The Morgan fingerprint density at radius 2 is 1.63 bits per heavy atom. The second-order valence-electron chi connectivity index (χ2n) is 6.44. The van der Waals surface area contributed by atoms with E-state index in [1.807, 2.05) is 32.3 Å². The van der Waals surface area contributed by atoms with E-state index in [-0.39, 0.29) is 0 Å². The van der Waals surface area contributed by atoms with Gasteiger partial charge in [0.1, 0.15) is 0 Å². The smallest absolute Gasteiger partial charge is 0.188 e. The van der Waals surface area contributed by atoms with Crippen LogP contribution in [0.5, 0.6) is 11.5 Å². The average molecular weight is 370 g/mol. The molecule has 0 unspecified atom stereocenters. The number of ether oxygens (including phenoxy) is 2. The highest BCUT2D eigenvalue weighted by molar-refractivity contribution is 5.77. The van der Waals surface area contributed by atoms with Crippen molar-refractivity contribution in [3.63, 3.8) is 0 Å². The number of nitrogens with two attached hydrogens (primary N) is 1. The van der Waals surface area contributed by atoms with E-state index in [1.54, 1.807) is 14.2 Å². The summed E-state index contributed by atoms with van der Waals surface area (Å²) in [7, 11) is 7.34. The molecule has 6 heteroatoms. The van der Waals surface area contributed by atoms with Crippen molar-refractivity contribution in [2.45, 2.75) is 12.8 Å². The highest BCUT2D eigenvalue weighted by Gasteiger charge is 2.04. The molecule has 6 nitrogen and oxygen atoms in total. The molecule has 0 bridgehead atoms. The molecule has 0 aliphatic carbocycles. The van der Waals surface area contributed by atoms with Gasteiger partial charge in [-0.2, -0.15) is 0 Å². The number of benzene rings is 2. The van der Waals surface area contributed by atoms with Gasteiger partial charge in [0.2, 0.25) is 0 Å². The van der Waals surface area contributed by atoms with Gasteiger partial charge in [0.15, 0.2) is 17.5 Å². The Labute approximate surface area is 162 Å². The van der Waals surface area contributed by atoms with Crippen LogP contribution in [0.4, 0.5) is 5.69 Å². The van der Waals surface area contributed by atoms with E-state index in [9.17, 15) is 0 Å². The summed E-state index contributed by atoms with van der Waals surface area (Å²) in [5, 5.41) is 3.16. The molecule has 2 rings (SSSR count). The van der Waals surface area contributed by atoms with Gasteiger partial charge in [0, 0.05) is 32.9 Å². The van der Waals surface area contributed by atoms with Crippen LogP contribution in [0.25, 0.3) is 0 Å². The maximum absolute atomic E-state index is 5.96. The number of nitrogens with zero attached hydrogens (tertiary/aromatic N) is 2. The fourth-order valence-corrected chi connectivity index (χ4v) is 2.69. The van der Waals surface area contributed by atoms with Crippen LogP contribution in [0.1, 0.15) is 11.1 Å². The molecule has 0 fully saturated rings. The number of guanidine groups is 1. The highest BCUT2D eigenvalue weighted by Crippen LogP contribution is 2.27. The third-order valence-electron chi connectivity index (χ3n) is 4.30. The third-order valence-corrected chi connectivity index (χ3v) is 4.30. The van der Waals surface area contributed by atoms with Crippen LogP contribution in [-0.4, -0.2) is 47.4 Å². The van der Waals surface area contributed by atoms with Crippen molar-refractivity contribution in [2.75, 3.05) is 46.3 Å². The quantitative estimate of drug-likeness (QED) is 0.524. The van der Waals surface area contributed by atoms with Gasteiger partial charge in [-0.05, 0) is 48.2 Å². The lowest BCUT2D eigenvalue weighted by Crippen LogP contribution is -2.33. The summed E-state index contributed by atoms with van der Waals surface area (Å²) in [5.74, 6) is 1.94. The lowest BCUT2D eigenvalue weighted by atomic mass is 10.1. The van der Waals surface area contributed by atoms with Crippen molar-refractivity contribution < 1.29 is 9.47 Å². The minimum Gasteiger partial charge on any atom is -0.493 e. The first-order valence-electron chi connectivity index (χ1n) is 9.04. The molecule has 0 saturated heterocycles. The fraction of sp³-hybridized carbons (Fsp3) is 0.381. The van der Waals surface area contributed by atoms with E-state index in [2.05, 4.69) is 39.5 Å². The van der Waals surface area contributed by atoms with E-state index in [1.165, 1.54) is 11.3 Å². The van der Waals surface area contributed by atoms with Crippen molar-refractivity contribution in [3.8, 4) is 11.5 Å². The van der Waals surface area contributed by atoms with E-state index >= 15 is 0 Å². The van der Waals surface area contributed by atoms with Crippen molar-refractivity contribution in [1.29, 1.82) is 0 Å². The number of rotatable bonds is 9. The molecule has 146 valence electrons. The molecule has 0 aliphatic rings. The zero-order chi connectivity index (χ0) is 19.6. The SMILES string of the molecule is COc1ccc(CCNC(N)=NCCc2ccc(N(C)C)cc2)cc1OC. The van der Waals surface area contributed by atoms with Gasteiger partial charge >= 0.3 is 0 Å². The molecule has 0 amide bonds. The summed E-state index contributed by atoms with van der Waals surface area (Å²) < 4.78 is 10.6. The molecule has 2 aromatic rings. The van der Waals surface area contributed by atoms with Crippen LogP contribution < -0.4 is 25.4 Å². The zero-order valence-electron chi connectivity index (χ0n) is 16.7. The predicted molar refractivity (Wildman–Crippen MR) is 112 cm³/mol. The molecule has 0 aromatic heterocycles. The highest BCUT2D eigenvalue weighted by atomic mass is 16.5. The van der Waals surface area contributed by atoms with Gasteiger partial charge in [-0.3, -0.25) is 4.99 Å². The molecule has 0 aliphatic heterocycles. The summed E-state index contributed by atoms with van der Waals surface area (Å²) >= 11 is 0. The average Bonchev–Trinajstić information content (AvgIpc) is 2.68. The van der Waals surface area contributed by atoms with Crippen LogP contribution in [0.2, 0.25) is 0 Å². The van der Waals surface area contributed by atoms with Crippen molar-refractivity contribution in [2.24, 2.45) is 10.7 Å². The molecule has 27 heavy (non-hydrogen) atoms. The van der Waals surface area contributed by atoms with Gasteiger partial charge < -0.3 is 25.4 Å². The number of nitrogens with one attached hydrogen (secondary N) is 1. The van der Waals surface area contributed by atoms with Crippen LogP contribution in [0.3, 0.4) is 0 Å². The van der Waals surface area contributed by atoms with Gasteiger partial charge in [0.25, 0.3) is 0 Å². The number of anilines is 1. The van der Waals surface area contributed by atoms with E-state index in [4.69, 9.17) is 15.2 Å². The van der Waals surface area contributed by atoms with Crippen LogP contribution >= 0.6 is 0 Å². The monoisotopic (exact) mass is 370 g/mol. The minimum atomic E-state index is 0.473. The van der Waals surface area contributed by atoms with Crippen LogP contribution in [0.15, 0.2) is 47.5 Å². The zero-order valence-corrected chi connectivity index (χ0v) is 16.7. The molecule has 0 heterocycles. The Kier molecular flexibility index (Phi) is 7.79.